The molecule has 0 bridgehead atoms. The van der Waals surface area contributed by atoms with Gasteiger partial charge in [0.25, 0.3) is 0 Å². The van der Waals surface area contributed by atoms with E-state index in [-0.39, 0.29) is 51.4 Å². The Morgan fingerprint density at radius 1 is 0.317 bits per heavy atom. The summed E-state index contributed by atoms with van der Waals surface area (Å²) in [6, 6.07) is 55.0. The summed E-state index contributed by atoms with van der Waals surface area (Å²) in [5, 5.41) is 0. The van der Waals surface area contributed by atoms with Crippen molar-refractivity contribution in [3.05, 3.63) is 207 Å². The molecule has 0 N–H and O–H groups in total. The van der Waals surface area contributed by atoms with E-state index >= 15 is 0 Å². The first kappa shape index (κ1) is 29.6. The van der Waals surface area contributed by atoms with Gasteiger partial charge in [-0.15, -0.1) is 5.56 Å². The van der Waals surface area contributed by atoms with E-state index in [0.717, 1.165) is 32.1 Å². The number of hydrogen-bond donors (Lipinski definition) is 0. The maximum absolute atomic E-state index is 2.28. The SMILES string of the molecule is [K+].c1ccc(Cc2c(Cc3ccccc3)c(Cc3ccccc3)[c-](Cc3ccccc3)c2Cc2ccccc2)cc1. The molecule has 1 heteroatoms. The molecule has 0 aliphatic rings. The number of hydrogen-bond acceptors (Lipinski definition) is 0. The molecule has 6 aromatic rings. The van der Waals surface area contributed by atoms with E-state index in [1.807, 2.05) is 0 Å². The van der Waals surface area contributed by atoms with Gasteiger partial charge in [0.1, 0.15) is 0 Å². The Hall–Kier alpha value is -2.91. The Labute approximate surface area is 287 Å². The Morgan fingerprint density at radius 3 is 0.902 bits per heavy atom. The van der Waals surface area contributed by atoms with Gasteiger partial charge in [0.2, 0.25) is 0 Å². The summed E-state index contributed by atoms with van der Waals surface area (Å²) in [5.41, 5.74) is 14.4. The van der Waals surface area contributed by atoms with Crippen molar-refractivity contribution in [2.75, 3.05) is 0 Å². The van der Waals surface area contributed by atoms with Gasteiger partial charge in [0.05, 0.1) is 0 Å². The van der Waals surface area contributed by atoms with Crippen LogP contribution in [0.25, 0.3) is 0 Å². The quantitative estimate of drug-likeness (QED) is 0.137. The molecule has 0 aliphatic carbocycles. The minimum absolute atomic E-state index is 0. The van der Waals surface area contributed by atoms with Gasteiger partial charge in [-0.05, 0) is 30.4 Å². The zero-order chi connectivity index (χ0) is 27.0. The van der Waals surface area contributed by atoms with Crippen molar-refractivity contribution in [2.45, 2.75) is 32.1 Å². The molecule has 0 amide bonds. The summed E-state index contributed by atoms with van der Waals surface area (Å²) in [4.78, 5) is 0. The van der Waals surface area contributed by atoms with E-state index in [9.17, 15) is 0 Å². The van der Waals surface area contributed by atoms with Gasteiger partial charge in [0.15, 0.2) is 0 Å². The smallest absolute Gasteiger partial charge is 0.187 e. The minimum Gasteiger partial charge on any atom is -0.187 e. The fraction of sp³-hybridized carbons (Fsp3) is 0.125. The Kier molecular flexibility index (Phi) is 10.7. The predicted molar refractivity (Wildman–Crippen MR) is 168 cm³/mol. The third kappa shape index (κ3) is 7.68. The van der Waals surface area contributed by atoms with Gasteiger partial charge >= 0.3 is 51.4 Å². The van der Waals surface area contributed by atoms with Gasteiger partial charge in [0, 0.05) is 0 Å². The molecule has 0 unspecified atom stereocenters. The average Bonchev–Trinajstić information content (AvgIpc) is 3.25. The van der Waals surface area contributed by atoms with Crippen molar-refractivity contribution in [1.82, 2.24) is 0 Å². The van der Waals surface area contributed by atoms with Crippen LogP contribution in [0.2, 0.25) is 0 Å². The maximum Gasteiger partial charge on any atom is 1.00 e. The summed E-state index contributed by atoms with van der Waals surface area (Å²) in [5.74, 6) is 0. The number of benzene rings is 5. The summed E-state index contributed by atoms with van der Waals surface area (Å²) >= 11 is 0. The molecule has 0 heterocycles. The van der Waals surface area contributed by atoms with Crippen LogP contribution in [0.1, 0.15) is 55.6 Å². The van der Waals surface area contributed by atoms with Crippen LogP contribution >= 0.6 is 0 Å². The van der Waals surface area contributed by atoms with Crippen molar-refractivity contribution in [3.8, 4) is 0 Å². The van der Waals surface area contributed by atoms with Crippen molar-refractivity contribution in [2.24, 2.45) is 0 Å². The van der Waals surface area contributed by atoms with Crippen molar-refractivity contribution in [3.63, 3.8) is 0 Å². The van der Waals surface area contributed by atoms with Crippen molar-refractivity contribution in [1.29, 1.82) is 0 Å². The van der Waals surface area contributed by atoms with Crippen LogP contribution in [0.4, 0.5) is 0 Å². The van der Waals surface area contributed by atoms with E-state index in [1.54, 1.807) is 0 Å². The minimum atomic E-state index is 0. The fourth-order valence-electron chi connectivity index (χ4n) is 5.98. The summed E-state index contributed by atoms with van der Waals surface area (Å²) in [6.45, 7) is 0. The van der Waals surface area contributed by atoms with E-state index in [0.29, 0.717) is 0 Å². The van der Waals surface area contributed by atoms with E-state index in [2.05, 4.69) is 152 Å². The normalized spacial score (nSPS) is 10.7. The van der Waals surface area contributed by atoms with Crippen LogP contribution in [-0.2, 0) is 32.1 Å². The van der Waals surface area contributed by atoms with E-state index < -0.39 is 0 Å². The monoisotopic (exact) mass is 554 g/mol. The largest absolute Gasteiger partial charge is 1.00 e. The molecular weight excluding hydrogens is 520 g/mol. The van der Waals surface area contributed by atoms with Crippen LogP contribution in [0.3, 0.4) is 0 Å². The Balaban J connectivity index is 0.00000337. The zero-order valence-corrected chi connectivity index (χ0v) is 27.1. The summed E-state index contributed by atoms with van der Waals surface area (Å²) < 4.78 is 0. The van der Waals surface area contributed by atoms with Gasteiger partial charge in [-0.2, -0.15) is 22.3 Å². The Morgan fingerprint density at radius 2 is 0.585 bits per heavy atom. The molecule has 0 aromatic heterocycles. The predicted octanol–water partition coefficient (Wildman–Crippen LogP) is 6.36. The van der Waals surface area contributed by atoms with Crippen LogP contribution in [-0.4, -0.2) is 0 Å². The molecule has 0 radical (unpaired) electrons. The van der Waals surface area contributed by atoms with Crippen molar-refractivity contribution >= 4 is 0 Å². The van der Waals surface area contributed by atoms with Gasteiger partial charge in [-0.25, -0.2) is 0 Å². The first-order valence-electron chi connectivity index (χ1n) is 14.3. The van der Waals surface area contributed by atoms with Crippen LogP contribution in [0, 0.1) is 0 Å². The molecule has 0 spiro atoms. The molecular formula is C40H35K. The Bertz CT molecular complexity index is 1310. The van der Waals surface area contributed by atoms with Gasteiger partial charge in [-0.1, -0.05) is 181 Å². The molecule has 0 saturated heterocycles. The number of rotatable bonds is 10. The van der Waals surface area contributed by atoms with Gasteiger partial charge in [-0.3, -0.25) is 0 Å². The molecule has 0 fully saturated rings. The van der Waals surface area contributed by atoms with Crippen LogP contribution in [0.5, 0.6) is 0 Å². The average molecular weight is 555 g/mol. The fourth-order valence-corrected chi connectivity index (χ4v) is 5.98. The van der Waals surface area contributed by atoms with Crippen LogP contribution < -0.4 is 51.4 Å². The molecule has 196 valence electrons. The second-order valence-electron chi connectivity index (χ2n) is 10.7. The van der Waals surface area contributed by atoms with E-state index in [4.69, 9.17) is 0 Å². The van der Waals surface area contributed by atoms with Crippen LogP contribution in [0.15, 0.2) is 152 Å². The molecule has 6 rings (SSSR count). The summed E-state index contributed by atoms with van der Waals surface area (Å²) in [6.07, 6.45) is 4.73. The second kappa shape index (κ2) is 14.8. The third-order valence-electron chi connectivity index (χ3n) is 7.94. The molecule has 0 atom stereocenters. The molecule has 0 nitrogen and oxygen atoms in total. The maximum atomic E-state index is 2.28. The van der Waals surface area contributed by atoms with E-state index in [1.165, 1.54) is 55.6 Å². The molecule has 0 aliphatic heterocycles. The second-order valence-corrected chi connectivity index (χ2v) is 10.7. The van der Waals surface area contributed by atoms with Crippen molar-refractivity contribution < 1.29 is 51.4 Å². The topological polar surface area (TPSA) is 0 Å². The molecule has 41 heavy (non-hydrogen) atoms. The third-order valence-corrected chi connectivity index (χ3v) is 7.94. The first-order chi connectivity index (χ1) is 19.8. The molecule has 0 saturated carbocycles. The molecule has 6 aromatic carbocycles. The zero-order valence-electron chi connectivity index (χ0n) is 24.0. The van der Waals surface area contributed by atoms with Gasteiger partial charge < -0.3 is 0 Å². The summed E-state index contributed by atoms with van der Waals surface area (Å²) in [7, 11) is 0. The standard InChI is InChI=1S/C40H35.K/c1-6-16-31(17-7-1)26-36-37(27-32-18-8-2-9-19-32)39(29-34-22-12-4-13-23-34)40(30-35-24-14-5-15-25-35)38(36)28-33-20-10-3-11-21-33;/h1-25H,26-30H2;/q-1;+1. The first-order valence-corrected chi connectivity index (χ1v) is 14.3.